The van der Waals surface area contributed by atoms with Crippen LogP contribution in [0.2, 0.25) is 0 Å². The second kappa shape index (κ2) is 44.1. The molecule has 9 heteroatoms. The molecule has 81 heavy (non-hydrogen) atoms. The average molecular weight is 1120 g/mol. The monoisotopic (exact) mass is 1120 g/mol. The first-order valence-electron chi connectivity index (χ1n) is 33.8. The third-order valence-electron chi connectivity index (χ3n) is 16.0. The van der Waals surface area contributed by atoms with Crippen molar-refractivity contribution >= 4 is 50.2 Å². The maximum Gasteiger partial charge on any atom is 0.311 e. The highest BCUT2D eigenvalue weighted by Crippen LogP contribution is 2.47. The minimum atomic E-state index is -0.289. The lowest BCUT2D eigenvalue weighted by molar-refractivity contribution is -0.135. The van der Waals surface area contributed by atoms with Crippen molar-refractivity contribution in [3.63, 3.8) is 0 Å². The summed E-state index contributed by atoms with van der Waals surface area (Å²) in [5, 5.41) is 4.99. The zero-order valence-electron chi connectivity index (χ0n) is 52.5. The summed E-state index contributed by atoms with van der Waals surface area (Å²) < 4.78 is 39.2. The molecule has 0 spiro atoms. The molecule has 0 heterocycles. The summed E-state index contributed by atoms with van der Waals surface area (Å²) in [5.74, 6) is 1.79. The van der Waals surface area contributed by atoms with Crippen molar-refractivity contribution < 1.29 is 42.8 Å². The highest BCUT2D eigenvalue weighted by atomic mass is 16.6. The maximum absolute atomic E-state index is 13.9. The summed E-state index contributed by atoms with van der Waals surface area (Å²) in [5.41, 5.74) is 0. The Balaban J connectivity index is 1.93. The molecule has 4 rings (SSSR count). The highest BCUT2D eigenvalue weighted by Gasteiger charge is 2.23. The Morgan fingerprint density at radius 2 is 0.407 bits per heavy atom. The molecule has 0 saturated carbocycles. The Bertz CT molecular complexity index is 2340. The molecule has 0 unspecified atom stereocenters. The third-order valence-corrected chi connectivity index (χ3v) is 16.0. The van der Waals surface area contributed by atoms with Gasteiger partial charge in [-0.15, -0.1) is 0 Å². The van der Waals surface area contributed by atoms with Crippen molar-refractivity contribution in [2.24, 2.45) is 0 Å². The number of esters is 3. The van der Waals surface area contributed by atoms with Crippen LogP contribution in [0.3, 0.4) is 0 Å². The van der Waals surface area contributed by atoms with Gasteiger partial charge in [0.1, 0.15) is 0 Å². The van der Waals surface area contributed by atoms with E-state index in [1.165, 1.54) is 135 Å². The zero-order chi connectivity index (χ0) is 58.0. The summed E-state index contributed by atoms with van der Waals surface area (Å²) in [7, 11) is 0. The van der Waals surface area contributed by atoms with Crippen molar-refractivity contribution in [3.05, 3.63) is 36.4 Å². The van der Waals surface area contributed by atoms with E-state index in [1.54, 1.807) is 0 Å². The number of fused-ring (bicyclic) bond motifs is 6. The van der Waals surface area contributed by atoms with Gasteiger partial charge in [-0.2, -0.15) is 0 Å². The van der Waals surface area contributed by atoms with Crippen LogP contribution < -0.4 is 28.4 Å². The van der Waals surface area contributed by atoms with Gasteiger partial charge in [0.25, 0.3) is 0 Å². The fourth-order valence-electron chi connectivity index (χ4n) is 11.0. The lowest BCUT2D eigenvalue weighted by atomic mass is 9.93. The van der Waals surface area contributed by atoms with Crippen LogP contribution in [0, 0.1) is 0 Å². The van der Waals surface area contributed by atoms with Crippen molar-refractivity contribution in [2.75, 3.05) is 19.8 Å². The van der Waals surface area contributed by atoms with Crippen LogP contribution in [0.1, 0.15) is 311 Å². The molecule has 4 aromatic rings. The number of hydrogen-bond acceptors (Lipinski definition) is 9. The standard InChI is InChI=1S/C72H114O9/c1-7-13-19-25-31-37-43-49-76-64-52-58-59-53-65(77-50-44-38-32-26-20-14-8-2)68(80-71(74)47-41-35-29-23-17-11-5)56-62(59)63-57-69(81-72(75)48-42-36-30-24-18-12-6)66(78-51-45-39-33-27-21-15-9-3)54-60(63)61(58)55-67(64)79-70(73)46-40-34-28-22-16-10-4/h52-57H,7-51H2,1-6H3. The van der Waals surface area contributed by atoms with Crippen LogP contribution in [0.25, 0.3) is 32.3 Å². The number of unbranched alkanes of at least 4 members (excludes halogenated alkanes) is 33. The van der Waals surface area contributed by atoms with Crippen molar-refractivity contribution in [2.45, 2.75) is 311 Å². The number of carbonyl (C=O) groups excluding carboxylic acids is 3. The molecular formula is C72H114O9. The van der Waals surface area contributed by atoms with Crippen molar-refractivity contribution in [1.29, 1.82) is 0 Å². The lowest BCUT2D eigenvalue weighted by Gasteiger charge is -2.20. The lowest BCUT2D eigenvalue weighted by Crippen LogP contribution is -2.10. The van der Waals surface area contributed by atoms with E-state index in [2.05, 4.69) is 41.5 Å². The van der Waals surface area contributed by atoms with Gasteiger partial charge < -0.3 is 28.4 Å². The van der Waals surface area contributed by atoms with E-state index in [0.29, 0.717) is 73.6 Å². The number of carbonyl (C=O) groups is 3. The molecule has 9 nitrogen and oxygen atoms in total. The largest absolute Gasteiger partial charge is 0.490 e. The van der Waals surface area contributed by atoms with E-state index >= 15 is 0 Å². The van der Waals surface area contributed by atoms with E-state index in [4.69, 9.17) is 28.4 Å². The van der Waals surface area contributed by atoms with Crippen LogP contribution in [-0.4, -0.2) is 37.7 Å². The molecule has 0 saturated heterocycles. The molecule has 0 bridgehead atoms. The minimum Gasteiger partial charge on any atom is -0.490 e. The van der Waals surface area contributed by atoms with Crippen LogP contribution in [-0.2, 0) is 14.4 Å². The molecule has 0 aromatic heterocycles. The average Bonchev–Trinajstić information content (AvgIpc) is 3.61. The minimum absolute atomic E-state index is 0.276. The van der Waals surface area contributed by atoms with Gasteiger partial charge in [0, 0.05) is 19.3 Å². The predicted molar refractivity (Wildman–Crippen MR) is 340 cm³/mol. The SMILES string of the molecule is CCCCCCCCCOc1cc2c3cc(OCCCCCCCCC)c(OC(=O)CCCCCCCC)cc3c3cc(OC(=O)CCCCCCCC)c(OCCCCCCCCC)cc3c2cc1OC(=O)CCCCCCCC. The Morgan fingerprint density at radius 3 is 0.617 bits per heavy atom. The van der Waals surface area contributed by atoms with E-state index in [9.17, 15) is 14.4 Å². The number of rotatable bonds is 51. The smallest absolute Gasteiger partial charge is 0.311 e. The molecule has 0 fully saturated rings. The maximum atomic E-state index is 13.9. The molecular weight excluding hydrogens is 1010 g/mol. The number of hydrogen-bond donors (Lipinski definition) is 0. The summed E-state index contributed by atoms with van der Waals surface area (Å²) in [6, 6.07) is 11.9. The van der Waals surface area contributed by atoms with E-state index in [0.717, 1.165) is 148 Å². The molecule has 0 atom stereocenters. The Morgan fingerprint density at radius 1 is 0.235 bits per heavy atom. The van der Waals surface area contributed by atoms with Gasteiger partial charge in [0.2, 0.25) is 0 Å². The Kier molecular flexibility index (Phi) is 37.5. The van der Waals surface area contributed by atoms with Crippen LogP contribution in [0.15, 0.2) is 36.4 Å². The molecule has 0 N–H and O–H groups in total. The molecule has 456 valence electrons. The Hall–Kier alpha value is -4.53. The van der Waals surface area contributed by atoms with E-state index in [-0.39, 0.29) is 17.9 Å². The van der Waals surface area contributed by atoms with Crippen LogP contribution in [0.4, 0.5) is 0 Å². The van der Waals surface area contributed by atoms with Gasteiger partial charge in [0.15, 0.2) is 34.5 Å². The zero-order valence-corrected chi connectivity index (χ0v) is 52.5. The van der Waals surface area contributed by atoms with Gasteiger partial charge in [-0.3, -0.25) is 14.4 Å². The number of ether oxygens (including phenoxy) is 6. The molecule has 0 aliphatic heterocycles. The summed E-state index contributed by atoms with van der Waals surface area (Å²) in [6.07, 6.45) is 44.2. The number of benzene rings is 4. The predicted octanol–water partition coefficient (Wildman–Crippen LogP) is 22.5. The fraction of sp³-hybridized carbons (Fsp3) is 0.708. The van der Waals surface area contributed by atoms with Gasteiger partial charge in [-0.05, 0) is 107 Å². The van der Waals surface area contributed by atoms with Crippen molar-refractivity contribution in [1.82, 2.24) is 0 Å². The van der Waals surface area contributed by atoms with Crippen molar-refractivity contribution in [3.8, 4) is 34.5 Å². The highest BCUT2D eigenvalue weighted by molar-refractivity contribution is 6.27. The van der Waals surface area contributed by atoms with E-state index < -0.39 is 0 Å². The fourth-order valence-corrected chi connectivity index (χ4v) is 11.0. The molecule has 4 aromatic carbocycles. The molecule has 0 amide bonds. The van der Waals surface area contributed by atoms with Gasteiger partial charge >= 0.3 is 17.9 Å². The van der Waals surface area contributed by atoms with Gasteiger partial charge in [0.05, 0.1) is 19.8 Å². The van der Waals surface area contributed by atoms with Gasteiger partial charge in [-0.1, -0.05) is 253 Å². The molecule has 0 aliphatic carbocycles. The molecule has 0 aliphatic rings. The first-order valence-corrected chi connectivity index (χ1v) is 33.8. The Labute approximate surface area is 492 Å². The van der Waals surface area contributed by atoms with E-state index in [1.807, 2.05) is 36.4 Å². The summed E-state index contributed by atoms with van der Waals surface area (Å²) in [4.78, 5) is 41.6. The second-order valence-corrected chi connectivity index (χ2v) is 23.4. The van der Waals surface area contributed by atoms with Crippen LogP contribution >= 0.6 is 0 Å². The van der Waals surface area contributed by atoms with Crippen LogP contribution in [0.5, 0.6) is 34.5 Å². The normalized spacial score (nSPS) is 11.5. The topological polar surface area (TPSA) is 107 Å². The third kappa shape index (κ3) is 27.6. The second-order valence-electron chi connectivity index (χ2n) is 23.4. The first-order chi connectivity index (χ1) is 39.8. The molecule has 0 radical (unpaired) electrons. The quantitative estimate of drug-likeness (QED) is 0.0185. The first kappa shape index (κ1) is 69.0. The summed E-state index contributed by atoms with van der Waals surface area (Å²) in [6.45, 7) is 14.8. The van der Waals surface area contributed by atoms with Gasteiger partial charge in [-0.25, -0.2) is 0 Å². The summed E-state index contributed by atoms with van der Waals surface area (Å²) >= 11 is 0.